The van der Waals surface area contributed by atoms with Crippen LogP contribution in [0.25, 0.3) is 0 Å². The van der Waals surface area contributed by atoms with Gasteiger partial charge in [-0.1, -0.05) is 0 Å². The van der Waals surface area contributed by atoms with Crippen LogP contribution in [0, 0.1) is 12.7 Å². The molecule has 0 radical (unpaired) electrons. The molecule has 1 aromatic heterocycles. The molecule has 150 valence electrons. The van der Waals surface area contributed by atoms with Gasteiger partial charge in [0.25, 0.3) is 0 Å². The van der Waals surface area contributed by atoms with Crippen LogP contribution in [-0.4, -0.2) is 54.9 Å². The molecule has 2 aromatic rings. The van der Waals surface area contributed by atoms with Crippen LogP contribution in [-0.2, 0) is 16.0 Å². The molecule has 0 unspecified atom stereocenters. The average Bonchev–Trinajstić information content (AvgIpc) is 2.98. The van der Waals surface area contributed by atoms with E-state index in [4.69, 9.17) is 9.47 Å². The average molecular weight is 390 g/mol. The molecule has 2 rings (SSSR count). The maximum atomic E-state index is 12.9. The lowest BCUT2D eigenvalue weighted by Gasteiger charge is -2.17. The van der Waals surface area contributed by atoms with Crippen LogP contribution < -0.4 is 4.74 Å². The van der Waals surface area contributed by atoms with Crippen molar-refractivity contribution in [2.45, 2.75) is 20.3 Å². The summed E-state index contributed by atoms with van der Waals surface area (Å²) in [4.78, 5) is 40.7. The fourth-order valence-electron chi connectivity index (χ4n) is 2.76. The number of Topliss-reactive ketones (excluding diaryl/α,β-unsaturated/α-hetero) is 1. The summed E-state index contributed by atoms with van der Waals surface area (Å²) in [6, 6.07) is 5.59. The summed E-state index contributed by atoms with van der Waals surface area (Å²) in [6.07, 6.45) is -0.0917. The lowest BCUT2D eigenvalue weighted by atomic mass is 10.1. The molecule has 0 fully saturated rings. The molecule has 0 atom stereocenters. The minimum atomic E-state index is -0.605. The van der Waals surface area contributed by atoms with E-state index >= 15 is 0 Å². The molecule has 1 heterocycles. The highest BCUT2D eigenvalue weighted by atomic mass is 19.1. The minimum Gasteiger partial charge on any atom is -0.492 e. The van der Waals surface area contributed by atoms with Crippen LogP contribution in [0.1, 0.15) is 39.0 Å². The Balaban J connectivity index is 2.02. The normalized spacial score (nSPS) is 10.5. The van der Waals surface area contributed by atoms with E-state index in [2.05, 4.69) is 4.98 Å². The monoisotopic (exact) mass is 390 g/mol. The van der Waals surface area contributed by atoms with E-state index in [1.165, 1.54) is 43.2 Å². The number of amides is 1. The molecule has 8 heteroatoms. The Kier molecular flexibility index (Phi) is 6.92. The number of nitrogens with one attached hydrogen (secondary N) is 1. The number of likely N-dealkylation sites (N-methyl/N-ethyl adjacent to an activating group) is 1. The molecule has 0 aliphatic rings. The van der Waals surface area contributed by atoms with Gasteiger partial charge in [-0.25, -0.2) is 9.18 Å². The Hall–Kier alpha value is -3.16. The predicted molar refractivity (Wildman–Crippen MR) is 100 cm³/mol. The minimum absolute atomic E-state index is 0.0917. The maximum Gasteiger partial charge on any atom is 0.339 e. The Morgan fingerprint density at radius 2 is 1.82 bits per heavy atom. The van der Waals surface area contributed by atoms with Crippen molar-refractivity contribution in [2.24, 2.45) is 0 Å². The number of carbonyl (C=O) groups excluding carboxylic acids is 3. The van der Waals surface area contributed by atoms with Crippen molar-refractivity contribution in [3.63, 3.8) is 0 Å². The molecule has 7 nitrogen and oxygen atoms in total. The number of carbonyl (C=O) groups is 3. The summed E-state index contributed by atoms with van der Waals surface area (Å²) in [6.45, 7) is 3.53. The van der Waals surface area contributed by atoms with Gasteiger partial charge in [-0.05, 0) is 36.8 Å². The zero-order valence-electron chi connectivity index (χ0n) is 16.3. The van der Waals surface area contributed by atoms with Gasteiger partial charge >= 0.3 is 5.97 Å². The lowest BCUT2D eigenvalue weighted by Crippen LogP contribution is -2.32. The number of methoxy groups -OCH3 is 1. The SMILES string of the molecule is COC(=O)c1c(CC(=O)N(C)CCOc2ccc(F)cc2)[nH]c(C(C)=O)c1C. The number of halogens is 1. The number of H-pyrrole nitrogens is 1. The number of esters is 1. The molecule has 0 saturated carbocycles. The van der Waals surface area contributed by atoms with Gasteiger partial charge in [-0.3, -0.25) is 9.59 Å². The molecule has 28 heavy (non-hydrogen) atoms. The zero-order chi connectivity index (χ0) is 20.8. The molecule has 0 spiro atoms. The zero-order valence-corrected chi connectivity index (χ0v) is 16.3. The lowest BCUT2D eigenvalue weighted by molar-refractivity contribution is -0.129. The van der Waals surface area contributed by atoms with Crippen LogP contribution in [0.2, 0.25) is 0 Å². The highest BCUT2D eigenvalue weighted by Crippen LogP contribution is 2.21. The first-order chi connectivity index (χ1) is 13.2. The van der Waals surface area contributed by atoms with Crippen molar-refractivity contribution in [3.05, 3.63) is 52.6 Å². The molecule has 0 aliphatic carbocycles. The number of ketones is 1. The smallest absolute Gasteiger partial charge is 0.339 e. The van der Waals surface area contributed by atoms with E-state index in [0.717, 1.165) is 0 Å². The van der Waals surface area contributed by atoms with Crippen molar-refractivity contribution >= 4 is 17.7 Å². The summed E-state index contributed by atoms with van der Waals surface area (Å²) >= 11 is 0. The number of hydrogen-bond donors (Lipinski definition) is 1. The third kappa shape index (κ3) is 4.97. The van der Waals surface area contributed by atoms with E-state index in [1.54, 1.807) is 14.0 Å². The van der Waals surface area contributed by atoms with Gasteiger partial charge in [-0.2, -0.15) is 0 Å². The third-order valence-corrected chi connectivity index (χ3v) is 4.33. The second-order valence-electron chi connectivity index (χ2n) is 6.32. The van der Waals surface area contributed by atoms with Gasteiger partial charge in [0.1, 0.15) is 18.2 Å². The third-order valence-electron chi connectivity index (χ3n) is 4.33. The summed E-state index contributed by atoms with van der Waals surface area (Å²) < 4.78 is 23.1. The molecule has 1 N–H and O–H groups in total. The van der Waals surface area contributed by atoms with Gasteiger partial charge < -0.3 is 19.4 Å². The number of benzene rings is 1. The topological polar surface area (TPSA) is 88.7 Å². The van der Waals surface area contributed by atoms with Gasteiger partial charge in [0.05, 0.1) is 31.3 Å². The van der Waals surface area contributed by atoms with Crippen molar-refractivity contribution in [1.82, 2.24) is 9.88 Å². The molecular weight excluding hydrogens is 367 g/mol. The highest BCUT2D eigenvalue weighted by Gasteiger charge is 2.25. The Morgan fingerprint density at radius 3 is 2.39 bits per heavy atom. The van der Waals surface area contributed by atoms with Gasteiger partial charge in [0, 0.05) is 19.7 Å². The van der Waals surface area contributed by atoms with Crippen molar-refractivity contribution < 1.29 is 28.2 Å². The van der Waals surface area contributed by atoms with Crippen LogP contribution in [0.5, 0.6) is 5.75 Å². The molecular formula is C20H23FN2O5. The highest BCUT2D eigenvalue weighted by molar-refractivity contribution is 6.01. The first-order valence-electron chi connectivity index (χ1n) is 8.67. The van der Waals surface area contributed by atoms with E-state index in [9.17, 15) is 18.8 Å². The first kappa shape index (κ1) is 21.1. The van der Waals surface area contributed by atoms with Crippen molar-refractivity contribution in [2.75, 3.05) is 27.3 Å². The molecule has 0 aliphatic heterocycles. The van der Waals surface area contributed by atoms with E-state index < -0.39 is 5.97 Å². The largest absolute Gasteiger partial charge is 0.492 e. The van der Waals surface area contributed by atoms with Gasteiger partial charge in [-0.15, -0.1) is 0 Å². The molecule has 0 saturated heterocycles. The van der Waals surface area contributed by atoms with E-state index in [-0.39, 0.29) is 41.8 Å². The quantitative estimate of drug-likeness (QED) is 0.553. The van der Waals surface area contributed by atoms with Crippen molar-refractivity contribution in [3.8, 4) is 5.75 Å². The molecule has 1 amide bonds. The Labute approximate surface area is 162 Å². The maximum absolute atomic E-state index is 12.9. The Morgan fingerprint density at radius 1 is 1.18 bits per heavy atom. The predicted octanol–water partition coefficient (Wildman–Crippen LogP) is 2.53. The number of rotatable bonds is 8. The van der Waals surface area contributed by atoms with Crippen LogP contribution >= 0.6 is 0 Å². The Bertz CT molecular complexity index is 873. The van der Waals surface area contributed by atoms with Crippen LogP contribution in [0.15, 0.2) is 24.3 Å². The van der Waals surface area contributed by atoms with E-state index in [1.807, 2.05) is 0 Å². The fraction of sp³-hybridized carbons (Fsp3) is 0.350. The fourth-order valence-corrected chi connectivity index (χ4v) is 2.76. The summed E-state index contributed by atoms with van der Waals surface area (Å²) in [5, 5.41) is 0. The van der Waals surface area contributed by atoms with E-state index in [0.29, 0.717) is 23.6 Å². The van der Waals surface area contributed by atoms with Gasteiger partial charge in [0.2, 0.25) is 5.91 Å². The second-order valence-corrected chi connectivity index (χ2v) is 6.32. The number of hydrogen-bond acceptors (Lipinski definition) is 5. The van der Waals surface area contributed by atoms with Crippen LogP contribution in [0.3, 0.4) is 0 Å². The van der Waals surface area contributed by atoms with Crippen LogP contribution in [0.4, 0.5) is 4.39 Å². The van der Waals surface area contributed by atoms with Gasteiger partial charge in [0.15, 0.2) is 5.78 Å². The molecule has 0 bridgehead atoms. The first-order valence-corrected chi connectivity index (χ1v) is 8.67. The summed E-state index contributed by atoms with van der Waals surface area (Å²) in [5.41, 5.74) is 1.29. The number of aromatic nitrogens is 1. The second kappa shape index (κ2) is 9.16. The molecule has 1 aromatic carbocycles. The standard InChI is InChI=1S/C20H23FN2O5/c1-12-18(20(26)27-4)16(22-19(12)13(2)24)11-17(25)23(3)9-10-28-15-7-5-14(21)6-8-15/h5-8,22H,9-11H2,1-4H3. The summed E-state index contributed by atoms with van der Waals surface area (Å²) in [5.74, 6) is -0.952. The van der Waals surface area contributed by atoms with Crippen molar-refractivity contribution in [1.29, 1.82) is 0 Å². The summed E-state index contributed by atoms with van der Waals surface area (Å²) in [7, 11) is 2.85. The number of aromatic amines is 1. The number of ether oxygens (including phenoxy) is 2. The number of nitrogens with zero attached hydrogens (tertiary/aromatic N) is 1.